The zero-order valence-corrected chi connectivity index (χ0v) is 16.3. The zero-order chi connectivity index (χ0) is 19.9. The van der Waals surface area contributed by atoms with Crippen molar-refractivity contribution in [1.82, 2.24) is 20.0 Å². The van der Waals surface area contributed by atoms with Crippen LogP contribution in [0.3, 0.4) is 0 Å². The summed E-state index contributed by atoms with van der Waals surface area (Å²) >= 11 is 0. The first-order valence-electron chi connectivity index (χ1n) is 9.34. The number of rotatable bonds is 7. The Kier molecular flexibility index (Phi) is 6.65. The molecule has 0 aliphatic carbocycles. The van der Waals surface area contributed by atoms with E-state index in [0.717, 1.165) is 18.5 Å². The van der Waals surface area contributed by atoms with Crippen LogP contribution in [0.2, 0.25) is 0 Å². The number of piperidine rings is 1. The second-order valence-corrected chi connectivity index (χ2v) is 6.87. The van der Waals surface area contributed by atoms with E-state index in [4.69, 9.17) is 9.47 Å². The van der Waals surface area contributed by atoms with Crippen molar-refractivity contribution in [3.63, 3.8) is 0 Å². The van der Waals surface area contributed by atoms with Crippen LogP contribution in [-0.2, 0) is 16.1 Å². The molecule has 28 heavy (non-hydrogen) atoms. The molecule has 1 aliphatic rings. The number of hydrogen-bond acceptors (Lipinski definition) is 5. The summed E-state index contributed by atoms with van der Waals surface area (Å²) in [6.07, 6.45) is 3.08. The Labute approximate surface area is 164 Å². The lowest BCUT2D eigenvalue weighted by Crippen LogP contribution is -2.43. The van der Waals surface area contributed by atoms with Crippen molar-refractivity contribution in [3.05, 3.63) is 47.8 Å². The van der Waals surface area contributed by atoms with Gasteiger partial charge in [-0.25, -0.2) is 0 Å². The SMILES string of the molecule is COCC(=O)N1CCC(Oc2ccccc2C(=O)N(C)Cc2ccn[nH]2)CC1. The maximum absolute atomic E-state index is 12.9. The first kappa shape index (κ1) is 19.9. The van der Waals surface area contributed by atoms with Gasteiger partial charge in [-0.15, -0.1) is 0 Å². The van der Waals surface area contributed by atoms with Crippen molar-refractivity contribution in [1.29, 1.82) is 0 Å². The number of aromatic amines is 1. The van der Waals surface area contributed by atoms with E-state index in [0.29, 0.717) is 30.9 Å². The van der Waals surface area contributed by atoms with E-state index < -0.39 is 0 Å². The van der Waals surface area contributed by atoms with Crippen LogP contribution in [0.15, 0.2) is 36.5 Å². The monoisotopic (exact) mass is 386 g/mol. The number of methoxy groups -OCH3 is 1. The average Bonchev–Trinajstić information content (AvgIpc) is 3.21. The van der Waals surface area contributed by atoms with Gasteiger partial charge in [-0.3, -0.25) is 14.7 Å². The lowest BCUT2D eigenvalue weighted by atomic mass is 10.1. The third kappa shape index (κ3) is 4.89. The summed E-state index contributed by atoms with van der Waals surface area (Å²) in [6, 6.07) is 9.12. The van der Waals surface area contributed by atoms with Crippen LogP contribution in [0.1, 0.15) is 28.9 Å². The Bertz CT molecular complexity index is 785. The van der Waals surface area contributed by atoms with Crippen molar-refractivity contribution < 1.29 is 19.1 Å². The Hall–Kier alpha value is -2.87. The Morgan fingerprint density at radius 1 is 1.25 bits per heavy atom. The fourth-order valence-electron chi connectivity index (χ4n) is 3.27. The number of ether oxygens (including phenoxy) is 2. The van der Waals surface area contributed by atoms with Crippen molar-refractivity contribution in [2.24, 2.45) is 0 Å². The summed E-state index contributed by atoms with van der Waals surface area (Å²) < 4.78 is 11.1. The molecular formula is C20H26N4O4. The van der Waals surface area contributed by atoms with Crippen LogP contribution in [-0.4, -0.2) is 71.8 Å². The van der Waals surface area contributed by atoms with E-state index in [1.165, 1.54) is 7.11 Å². The number of hydrogen-bond donors (Lipinski definition) is 1. The second kappa shape index (κ2) is 9.36. The highest BCUT2D eigenvalue weighted by molar-refractivity contribution is 5.96. The fraction of sp³-hybridized carbons (Fsp3) is 0.450. The summed E-state index contributed by atoms with van der Waals surface area (Å²) in [5.74, 6) is 0.459. The minimum absolute atomic E-state index is 0.00282. The molecule has 1 aromatic heterocycles. The molecule has 8 nitrogen and oxygen atoms in total. The van der Waals surface area contributed by atoms with Crippen LogP contribution >= 0.6 is 0 Å². The van der Waals surface area contributed by atoms with Gasteiger partial charge in [0.25, 0.3) is 5.91 Å². The van der Waals surface area contributed by atoms with Crippen molar-refractivity contribution in [2.45, 2.75) is 25.5 Å². The summed E-state index contributed by atoms with van der Waals surface area (Å²) in [4.78, 5) is 28.2. The van der Waals surface area contributed by atoms with Crippen LogP contribution in [0, 0.1) is 0 Å². The molecule has 0 atom stereocenters. The zero-order valence-electron chi connectivity index (χ0n) is 16.3. The largest absolute Gasteiger partial charge is 0.489 e. The Balaban J connectivity index is 1.61. The van der Waals surface area contributed by atoms with Gasteiger partial charge in [0, 0.05) is 46.3 Å². The molecule has 3 rings (SSSR count). The predicted octanol–water partition coefficient (Wildman–Crippen LogP) is 1.70. The van der Waals surface area contributed by atoms with Crippen LogP contribution < -0.4 is 4.74 Å². The fourth-order valence-corrected chi connectivity index (χ4v) is 3.27. The van der Waals surface area contributed by atoms with Crippen molar-refractivity contribution >= 4 is 11.8 Å². The molecule has 1 N–H and O–H groups in total. The number of carbonyl (C=O) groups excluding carboxylic acids is 2. The van der Waals surface area contributed by atoms with Crippen molar-refractivity contribution in [2.75, 3.05) is 33.9 Å². The van der Waals surface area contributed by atoms with E-state index in [9.17, 15) is 9.59 Å². The van der Waals surface area contributed by atoms with Crippen LogP contribution in [0.25, 0.3) is 0 Å². The molecule has 150 valence electrons. The molecule has 1 fully saturated rings. The number of benzene rings is 1. The maximum Gasteiger partial charge on any atom is 0.257 e. The highest BCUT2D eigenvalue weighted by atomic mass is 16.5. The molecule has 1 aliphatic heterocycles. The number of aromatic nitrogens is 2. The normalized spacial score (nSPS) is 14.7. The van der Waals surface area contributed by atoms with E-state index in [-0.39, 0.29) is 24.5 Å². The second-order valence-electron chi connectivity index (χ2n) is 6.87. The number of amides is 2. The van der Waals surface area contributed by atoms with Gasteiger partial charge < -0.3 is 19.3 Å². The van der Waals surface area contributed by atoms with Crippen molar-refractivity contribution in [3.8, 4) is 5.75 Å². The molecule has 2 aromatic rings. The van der Waals surface area contributed by atoms with E-state index in [1.54, 1.807) is 29.1 Å². The molecule has 2 amide bonds. The average molecular weight is 386 g/mol. The number of nitrogens with one attached hydrogen (secondary N) is 1. The number of para-hydroxylation sites is 1. The number of H-pyrrole nitrogens is 1. The molecule has 0 saturated carbocycles. The number of nitrogens with zero attached hydrogens (tertiary/aromatic N) is 3. The van der Waals surface area contributed by atoms with Crippen LogP contribution in [0.4, 0.5) is 0 Å². The Morgan fingerprint density at radius 3 is 2.68 bits per heavy atom. The van der Waals surface area contributed by atoms with E-state index in [1.807, 2.05) is 24.3 Å². The van der Waals surface area contributed by atoms with Crippen LogP contribution in [0.5, 0.6) is 5.75 Å². The first-order chi connectivity index (χ1) is 13.6. The lowest BCUT2D eigenvalue weighted by Gasteiger charge is -2.32. The van der Waals surface area contributed by atoms with Gasteiger partial charge >= 0.3 is 0 Å². The van der Waals surface area contributed by atoms with Gasteiger partial charge in [0.2, 0.25) is 5.91 Å². The first-order valence-corrected chi connectivity index (χ1v) is 9.34. The molecule has 8 heteroatoms. The summed E-state index contributed by atoms with van der Waals surface area (Å²) in [6.45, 7) is 1.80. The Morgan fingerprint density at radius 2 is 2.00 bits per heavy atom. The molecule has 0 spiro atoms. The van der Waals surface area contributed by atoms with E-state index >= 15 is 0 Å². The lowest BCUT2D eigenvalue weighted by molar-refractivity contribution is -0.136. The molecular weight excluding hydrogens is 360 g/mol. The standard InChI is InChI=1S/C20H26N4O4/c1-23(13-15-7-10-21-22-15)20(26)17-5-3-4-6-18(17)28-16-8-11-24(12-9-16)19(25)14-27-2/h3-7,10,16H,8-9,11-14H2,1-2H3,(H,21,22). The third-order valence-corrected chi connectivity index (χ3v) is 4.79. The van der Waals surface area contributed by atoms with E-state index in [2.05, 4.69) is 10.2 Å². The van der Waals surface area contributed by atoms with Gasteiger partial charge in [0.05, 0.1) is 17.8 Å². The topological polar surface area (TPSA) is 87.8 Å². The highest BCUT2D eigenvalue weighted by Crippen LogP contribution is 2.24. The molecule has 2 heterocycles. The molecule has 0 unspecified atom stereocenters. The van der Waals surface area contributed by atoms with Gasteiger partial charge in [-0.05, 0) is 18.2 Å². The van der Waals surface area contributed by atoms with Gasteiger partial charge in [-0.1, -0.05) is 12.1 Å². The maximum atomic E-state index is 12.9. The molecule has 0 radical (unpaired) electrons. The highest BCUT2D eigenvalue weighted by Gasteiger charge is 2.25. The van der Waals surface area contributed by atoms with Gasteiger partial charge in [0.15, 0.2) is 0 Å². The van der Waals surface area contributed by atoms with Gasteiger partial charge in [0.1, 0.15) is 18.5 Å². The predicted molar refractivity (Wildman–Crippen MR) is 103 cm³/mol. The summed E-state index contributed by atoms with van der Waals surface area (Å²) in [7, 11) is 3.27. The smallest absolute Gasteiger partial charge is 0.257 e. The minimum atomic E-state index is -0.113. The molecule has 1 aromatic carbocycles. The molecule has 0 bridgehead atoms. The van der Waals surface area contributed by atoms with Gasteiger partial charge in [-0.2, -0.15) is 5.10 Å². The minimum Gasteiger partial charge on any atom is -0.489 e. The third-order valence-electron chi connectivity index (χ3n) is 4.79. The summed E-state index contributed by atoms with van der Waals surface area (Å²) in [5, 5.41) is 6.77. The number of likely N-dealkylation sites (tertiary alicyclic amines) is 1. The molecule has 1 saturated heterocycles. The number of carbonyl (C=O) groups is 2. The summed E-state index contributed by atoms with van der Waals surface area (Å²) in [5.41, 5.74) is 1.39. The quantitative estimate of drug-likeness (QED) is 0.783.